The number of aromatic amines is 1. The summed E-state index contributed by atoms with van der Waals surface area (Å²) in [5.74, 6) is -0.497. The maximum atomic E-state index is 11.6. The quantitative estimate of drug-likeness (QED) is 0.640. The van der Waals surface area contributed by atoms with E-state index in [9.17, 15) is 9.59 Å². The van der Waals surface area contributed by atoms with Crippen LogP contribution in [-0.2, 0) is 14.3 Å². The zero-order chi connectivity index (χ0) is 14.4. The highest BCUT2D eigenvalue weighted by molar-refractivity contribution is 7.99. The Hall–Kier alpha value is -1.50. The van der Waals surface area contributed by atoms with Crippen LogP contribution in [0.2, 0.25) is 0 Å². The van der Waals surface area contributed by atoms with Gasteiger partial charge in [0.2, 0.25) is 0 Å². The van der Waals surface area contributed by atoms with Gasteiger partial charge >= 0.3 is 11.9 Å². The fourth-order valence-electron chi connectivity index (χ4n) is 2.04. The smallest absolute Gasteiger partial charge is 0.356 e. The number of thioether (sulfide) groups is 1. The highest BCUT2D eigenvalue weighted by Gasteiger charge is 2.19. The molecule has 1 aromatic heterocycles. The van der Waals surface area contributed by atoms with E-state index in [2.05, 4.69) is 9.97 Å². The van der Waals surface area contributed by atoms with Crippen molar-refractivity contribution in [1.82, 2.24) is 9.97 Å². The molecule has 1 heterocycles. The molecule has 0 aromatic carbocycles. The molecule has 6 nitrogen and oxygen atoms in total. The van der Waals surface area contributed by atoms with Gasteiger partial charge in [-0.25, -0.2) is 9.78 Å². The van der Waals surface area contributed by atoms with Crippen LogP contribution in [0.25, 0.3) is 0 Å². The first kappa shape index (κ1) is 14.9. The first-order valence-corrected chi connectivity index (χ1v) is 7.72. The van der Waals surface area contributed by atoms with Crippen molar-refractivity contribution in [3.8, 4) is 0 Å². The van der Waals surface area contributed by atoms with Gasteiger partial charge < -0.3 is 14.5 Å². The van der Waals surface area contributed by atoms with E-state index < -0.39 is 5.97 Å². The van der Waals surface area contributed by atoms with E-state index in [1.165, 1.54) is 18.0 Å². The maximum absolute atomic E-state index is 11.6. The van der Waals surface area contributed by atoms with E-state index >= 15 is 0 Å². The molecular weight excluding hydrogens is 280 g/mol. The van der Waals surface area contributed by atoms with Gasteiger partial charge in [0.15, 0.2) is 5.16 Å². The molecular formula is C13H18N2O4S. The van der Waals surface area contributed by atoms with Gasteiger partial charge in [-0.15, -0.1) is 0 Å². The molecule has 0 saturated heterocycles. The summed E-state index contributed by atoms with van der Waals surface area (Å²) < 4.78 is 10.2. The second-order valence-electron chi connectivity index (χ2n) is 4.51. The van der Waals surface area contributed by atoms with Crippen molar-refractivity contribution < 1.29 is 19.1 Å². The Balaban J connectivity index is 1.75. The van der Waals surface area contributed by atoms with E-state index in [0.29, 0.717) is 17.5 Å². The molecule has 7 heteroatoms. The number of hydrogen-bond donors (Lipinski definition) is 1. The molecule has 1 aromatic rings. The Morgan fingerprint density at radius 1 is 1.45 bits per heavy atom. The van der Waals surface area contributed by atoms with E-state index in [4.69, 9.17) is 9.47 Å². The van der Waals surface area contributed by atoms with Crippen LogP contribution in [0.15, 0.2) is 11.4 Å². The molecule has 1 N–H and O–H groups in total. The molecule has 0 aliphatic heterocycles. The Morgan fingerprint density at radius 2 is 2.20 bits per heavy atom. The van der Waals surface area contributed by atoms with Gasteiger partial charge in [-0.3, -0.25) is 4.79 Å². The number of aromatic nitrogens is 2. The van der Waals surface area contributed by atoms with Gasteiger partial charge in [0.25, 0.3) is 0 Å². The number of nitrogens with zero attached hydrogens (tertiary/aromatic N) is 1. The lowest BCUT2D eigenvalue weighted by molar-refractivity contribution is -0.145. The lowest BCUT2D eigenvalue weighted by Crippen LogP contribution is -2.16. The Kier molecular flexibility index (Phi) is 5.46. The Bertz CT molecular complexity index is 469. The van der Waals surface area contributed by atoms with Crippen LogP contribution >= 0.6 is 11.8 Å². The topological polar surface area (TPSA) is 81.3 Å². The van der Waals surface area contributed by atoms with Crippen molar-refractivity contribution in [3.05, 3.63) is 11.9 Å². The van der Waals surface area contributed by atoms with Crippen molar-refractivity contribution in [3.63, 3.8) is 0 Å². The molecule has 1 fully saturated rings. The lowest BCUT2D eigenvalue weighted by atomic mass is 10.3. The number of rotatable bonds is 6. The second-order valence-corrected chi connectivity index (χ2v) is 5.47. The Morgan fingerprint density at radius 3 is 2.90 bits per heavy atom. The summed E-state index contributed by atoms with van der Waals surface area (Å²) in [7, 11) is 0. The summed E-state index contributed by atoms with van der Waals surface area (Å²) in [6.07, 6.45) is 5.67. The van der Waals surface area contributed by atoms with Crippen LogP contribution in [-0.4, -0.2) is 40.4 Å². The van der Waals surface area contributed by atoms with Crippen molar-refractivity contribution in [2.45, 2.75) is 43.9 Å². The zero-order valence-electron chi connectivity index (χ0n) is 11.4. The van der Waals surface area contributed by atoms with Gasteiger partial charge in [0.05, 0.1) is 18.6 Å². The monoisotopic (exact) mass is 298 g/mol. The van der Waals surface area contributed by atoms with Crippen LogP contribution in [0.4, 0.5) is 0 Å². The number of imidazole rings is 1. The molecule has 1 aliphatic carbocycles. The maximum Gasteiger partial charge on any atom is 0.356 e. The third kappa shape index (κ3) is 4.26. The van der Waals surface area contributed by atoms with Crippen LogP contribution in [0.1, 0.15) is 43.1 Å². The summed E-state index contributed by atoms with van der Waals surface area (Å²) in [6, 6.07) is 0. The summed E-state index contributed by atoms with van der Waals surface area (Å²) in [5, 5.41) is 0.511. The average molecular weight is 298 g/mol. The molecule has 0 amide bonds. The fraction of sp³-hybridized carbons (Fsp3) is 0.615. The summed E-state index contributed by atoms with van der Waals surface area (Å²) in [4.78, 5) is 29.9. The van der Waals surface area contributed by atoms with Crippen LogP contribution in [0.3, 0.4) is 0 Å². The second kappa shape index (κ2) is 7.33. The minimum absolute atomic E-state index is 0.0785. The van der Waals surface area contributed by atoms with Gasteiger partial charge in [0.1, 0.15) is 11.8 Å². The minimum atomic E-state index is -0.444. The minimum Gasteiger partial charge on any atom is -0.462 e. The summed E-state index contributed by atoms with van der Waals surface area (Å²) in [5.41, 5.74) is 0.290. The Labute approximate surface area is 121 Å². The van der Waals surface area contributed by atoms with Gasteiger partial charge in [-0.05, 0) is 32.6 Å². The van der Waals surface area contributed by atoms with E-state index in [-0.39, 0.29) is 17.8 Å². The number of H-pyrrole nitrogens is 1. The molecule has 0 unspecified atom stereocenters. The van der Waals surface area contributed by atoms with Crippen LogP contribution in [0.5, 0.6) is 0 Å². The molecule has 0 spiro atoms. The molecule has 1 aliphatic rings. The van der Waals surface area contributed by atoms with Crippen LogP contribution in [0, 0.1) is 0 Å². The fourth-order valence-corrected chi connectivity index (χ4v) is 2.67. The van der Waals surface area contributed by atoms with Gasteiger partial charge in [-0.2, -0.15) is 0 Å². The van der Waals surface area contributed by atoms with Crippen molar-refractivity contribution in [2.75, 3.05) is 12.4 Å². The van der Waals surface area contributed by atoms with Crippen molar-refractivity contribution in [2.24, 2.45) is 0 Å². The SMILES string of the molecule is CCOC(=O)c1cnc(SCC(=O)OC2CCCC2)[nH]1. The average Bonchev–Trinajstić information content (AvgIpc) is 3.07. The van der Waals surface area contributed by atoms with Crippen molar-refractivity contribution >= 4 is 23.7 Å². The molecule has 1 saturated carbocycles. The predicted octanol–water partition coefficient (Wildman–Crippen LogP) is 2.16. The number of carbonyl (C=O) groups is 2. The van der Waals surface area contributed by atoms with Gasteiger partial charge in [0, 0.05) is 0 Å². The van der Waals surface area contributed by atoms with E-state index in [0.717, 1.165) is 25.7 Å². The highest BCUT2D eigenvalue weighted by Crippen LogP contribution is 2.22. The summed E-state index contributed by atoms with van der Waals surface area (Å²) >= 11 is 1.22. The molecule has 0 atom stereocenters. The predicted molar refractivity (Wildman–Crippen MR) is 73.6 cm³/mol. The number of carbonyl (C=O) groups excluding carboxylic acids is 2. The number of nitrogens with one attached hydrogen (secondary N) is 1. The largest absolute Gasteiger partial charge is 0.462 e. The lowest BCUT2D eigenvalue weighted by Gasteiger charge is -2.10. The molecule has 2 rings (SSSR count). The number of esters is 2. The number of ether oxygens (including phenoxy) is 2. The molecule has 0 radical (unpaired) electrons. The molecule has 20 heavy (non-hydrogen) atoms. The third-order valence-corrected chi connectivity index (χ3v) is 3.84. The first-order chi connectivity index (χ1) is 9.69. The first-order valence-electron chi connectivity index (χ1n) is 6.73. The highest BCUT2D eigenvalue weighted by atomic mass is 32.2. The van der Waals surface area contributed by atoms with E-state index in [1.54, 1.807) is 6.92 Å². The molecule has 110 valence electrons. The van der Waals surface area contributed by atoms with E-state index in [1.807, 2.05) is 0 Å². The van der Waals surface area contributed by atoms with Crippen molar-refractivity contribution in [1.29, 1.82) is 0 Å². The summed E-state index contributed by atoms with van der Waals surface area (Å²) in [6.45, 7) is 2.05. The van der Waals surface area contributed by atoms with Crippen LogP contribution < -0.4 is 0 Å². The standard InChI is InChI=1S/C13H18N2O4S/c1-2-18-12(17)10-7-14-13(15-10)20-8-11(16)19-9-5-3-4-6-9/h7,9H,2-6,8H2,1H3,(H,14,15). The normalized spacial score (nSPS) is 15.2. The third-order valence-electron chi connectivity index (χ3n) is 2.97. The molecule has 0 bridgehead atoms. The van der Waals surface area contributed by atoms with Gasteiger partial charge in [-0.1, -0.05) is 11.8 Å². The number of hydrogen-bond acceptors (Lipinski definition) is 6. The zero-order valence-corrected chi connectivity index (χ0v) is 12.2.